The highest BCUT2D eigenvalue weighted by Gasteiger charge is 2.36. The van der Waals surface area contributed by atoms with Crippen molar-refractivity contribution < 1.29 is 9.53 Å². The van der Waals surface area contributed by atoms with E-state index in [0.717, 1.165) is 17.8 Å². The summed E-state index contributed by atoms with van der Waals surface area (Å²) in [6.45, 7) is 0.471. The molecule has 2 saturated heterocycles. The number of thiazole rings is 1. The van der Waals surface area contributed by atoms with Crippen LogP contribution in [0.25, 0.3) is 0 Å². The van der Waals surface area contributed by atoms with Crippen molar-refractivity contribution in [3.8, 4) is 0 Å². The molecule has 0 aliphatic carbocycles. The maximum Gasteiger partial charge on any atom is 0.273 e. The Labute approximate surface area is 123 Å². The lowest BCUT2D eigenvalue weighted by Crippen LogP contribution is -2.48. The lowest BCUT2D eigenvalue weighted by Gasteiger charge is -2.35. The van der Waals surface area contributed by atoms with Crippen molar-refractivity contribution in [3.05, 3.63) is 16.1 Å². The Bertz CT molecular complexity index is 479. The maximum atomic E-state index is 12.5. The van der Waals surface area contributed by atoms with Crippen LogP contribution in [0.5, 0.6) is 0 Å². The SMILES string of the molecule is COCc1nc(C(=O)N(C)C2CC3CCC(C2)N3)cs1. The van der Waals surface area contributed by atoms with Gasteiger partial charge in [-0.1, -0.05) is 0 Å². The molecule has 1 aromatic rings. The predicted octanol–water partition coefficient (Wildman–Crippen LogP) is 1.64. The number of rotatable bonds is 4. The first kappa shape index (κ1) is 14.0. The molecule has 2 aliphatic heterocycles. The van der Waals surface area contributed by atoms with Gasteiger partial charge in [-0.25, -0.2) is 4.98 Å². The standard InChI is InChI=1S/C14H21N3O2S/c1-17(11-5-9-3-4-10(6-11)15-9)14(18)12-8-20-13(16-12)7-19-2/h8-11,15H,3-7H2,1-2H3. The van der Waals surface area contributed by atoms with Gasteiger partial charge in [0, 0.05) is 37.7 Å². The third-order valence-electron chi connectivity index (χ3n) is 4.35. The van der Waals surface area contributed by atoms with Gasteiger partial charge in [-0.2, -0.15) is 0 Å². The van der Waals surface area contributed by atoms with Crippen LogP contribution in [-0.2, 0) is 11.3 Å². The number of ether oxygens (including phenoxy) is 1. The molecule has 0 aromatic carbocycles. The molecule has 0 radical (unpaired) electrons. The van der Waals surface area contributed by atoms with E-state index in [4.69, 9.17) is 4.74 Å². The highest BCUT2D eigenvalue weighted by atomic mass is 32.1. The summed E-state index contributed by atoms with van der Waals surface area (Å²) in [7, 11) is 3.55. The van der Waals surface area contributed by atoms with E-state index in [1.807, 2.05) is 17.3 Å². The van der Waals surface area contributed by atoms with Crippen LogP contribution in [0.15, 0.2) is 5.38 Å². The van der Waals surface area contributed by atoms with Crippen molar-refractivity contribution >= 4 is 17.2 Å². The molecule has 5 nitrogen and oxygen atoms in total. The molecule has 2 aliphatic rings. The van der Waals surface area contributed by atoms with E-state index < -0.39 is 0 Å². The van der Waals surface area contributed by atoms with E-state index in [2.05, 4.69) is 10.3 Å². The molecule has 2 unspecified atom stereocenters. The Morgan fingerprint density at radius 1 is 1.50 bits per heavy atom. The second kappa shape index (κ2) is 5.79. The van der Waals surface area contributed by atoms with E-state index in [1.165, 1.54) is 24.2 Å². The number of nitrogens with one attached hydrogen (secondary N) is 1. The number of hydrogen-bond donors (Lipinski definition) is 1. The number of carbonyl (C=O) groups is 1. The molecule has 2 bridgehead atoms. The summed E-state index contributed by atoms with van der Waals surface area (Å²) in [6, 6.07) is 1.52. The third-order valence-corrected chi connectivity index (χ3v) is 5.18. The molecule has 6 heteroatoms. The first-order valence-electron chi connectivity index (χ1n) is 7.14. The van der Waals surface area contributed by atoms with Crippen LogP contribution in [0.4, 0.5) is 0 Å². The maximum absolute atomic E-state index is 12.5. The molecule has 0 saturated carbocycles. The van der Waals surface area contributed by atoms with Gasteiger partial charge < -0.3 is 15.0 Å². The number of fused-ring (bicyclic) bond motifs is 2. The van der Waals surface area contributed by atoms with Crippen LogP contribution in [-0.4, -0.2) is 48.1 Å². The molecule has 2 atom stereocenters. The lowest BCUT2D eigenvalue weighted by atomic mass is 9.98. The van der Waals surface area contributed by atoms with Gasteiger partial charge in [0.1, 0.15) is 10.7 Å². The first-order chi connectivity index (χ1) is 9.67. The Morgan fingerprint density at radius 3 is 2.85 bits per heavy atom. The Hall–Kier alpha value is -0.980. The molecule has 110 valence electrons. The molecule has 1 amide bonds. The first-order valence-corrected chi connectivity index (χ1v) is 8.02. The van der Waals surface area contributed by atoms with Crippen molar-refractivity contribution in [1.82, 2.24) is 15.2 Å². The molecule has 1 aromatic heterocycles. The van der Waals surface area contributed by atoms with Crippen LogP contribution in [0, 0.1) is 0 Å². The molecule has 3 rings (SSSR count). The highest BCUT2D eigenvalue weighted by molar-refractivity contribution is 7.09. The van der Waals surface area contributed by atoms with E-state index in [-0.39, 0.29) is 5.91 Å². The van der Waals surface area contributed by atoms with Gasteiger partial charge in [0.05, 0.1) is 6.61 Å². The Balaban J connectivity index is 1.66. The van der Waals surface area contributed by atoms with Gasteiger partial charge in [-0.15, -0.1) is 11.3 Å². The van der Waals surface area contributed by atoms with E-state index >= 15 is 0 Å². The summed E-state index contributed by atoms with van der Waals surface area (Å²) in [6.07, 6.45) is 4.62. The summed E-state index contributed by atoms with van der Waals surface area (Å²) in [4.78, 5) is 18.7. The minimum atomic E-state index is 0.0369. The molecule has 1 N–H and O–H groups in total. The van der Waals surface area contributed by atoms with Crippen LogP contribution < -0.4 is 5.32 Å². The number of nitrogens with zero attached hydrogens (tertiary/aromatic N) is 2. The number of hydrogen-bond acceptors (Lipinski definition) is 5. The summed E-state index contributed by atoms with van der Waals surface area (Å²) in [5.74, 6) is 0.0369. The zero-order chi connectivity index (χ0) is 14.1. The zero-order valence-electron chi connectivity index (χ0n) is 12.0. The number of aromatic nitrogens is 1. The molecule has 0 spiro atoms. The number of piperidine rings is 1. The van der Waals surface area contributed by atoms with E-state index in [1.54, 1.807) is 7.11 Å². The van der Waals surface area contributed by atoms with E-state index in [0.29, 0.717) is 30.4 Å². The number of carbonyl (C=O) groups excluding carboxylic acids is 1. The summed E-state index contributed by atoms with van der Waals surface area (Å²) < 4.78 is 5.05. The summed E-state index contributed by atoms with van der Waals surface area (Å²) in [5.41, 5.74) is 0.551. The van der Waals surface area contributed by atoms with Gasteiger partial charge in [-0.05, 0) is 25.7 Å². The Kier molecular flexibility index (Phi) is 4.05. The molecular formula is C14H21N3O2S. The van der Waals surface area contributed by atoms with Crippen molar-refractivity contribution in [2.45, 2.75) is 50.4 Å². The second-order valence-corrected chi connectivity index (χ2v) is 6.68. The van der Waals surface area contributed by atoms with Crippen LogP contribution in [0.3, 0.4) is 0 Å². The summed E-state index contributed by atoms with van der Waals surface area (Å²) >= 11 is 1.48. The quantitative estimate of drug-likeness (QED) is 0.917. The van der Waals surface area contributed by atoms with Crippen molar-refractivity contribution in [2.24, 2.45) is 0 Å². The summed E-state index contributed by atoms with van der Waals surface area (Å²) in [5, 5.41) is 6.30. The van der Waals surface area contributed by atoms with Gasteiger partial charge >= 0.3 is 0 Å². The van der Waals surface area contributed by atoms with Crippen LogP contribution in [0.2, 0.25) is 0 Å². The van der Waals surface area contributed by atoms with Gasteiger partial charge in [-0.3, -0.25) is 4.79 Å². The minimum absolute atomic E-state index is 0.0369. The molecular weight excluding hydrogens is 274 g/mol. The molecule has 2 fully saturated rings. The number of methoxy groups -OCH3 is 1. The van der Waals surface area contributed by atoms with Crippen molar-refractivity contribution in [2.75, 3.05) is 14.2 Å². The van der Waals surface area contributed by atoms with Crippen LogP contribution in [0.1, 0.15) is 41.2 Å². The molecule has 20 heavy (non-hydrogen) atoms. The topological polar surface area (TPSA) is 54.5 Å². The predicted molar refractivity (Wildman–Crippen MR) is 77.9 cm³/mol. The fourth-order valence-electron chi connectivity index (χ4n) is 3.29. The normalized spacial score (nSPS) is 28.6. The fraction of sp³-hybridized carbons (Fsp3) is 0.714. The average molecular weight is 295 g/mol. The second-order valence-electron chi connectivity index (χ2n) is 5.74. The zero-order valence-corrected chi connectivity index (χ0v) is 12.8. The average Bonchev–Trinajstić information content (AvgIpc) is 3.04. The highest BCUT2D eigenvalue weighted by Crippen LogP contribution is 2.29. The third kappa shape index (κ3) is 2.73. The van der Waals surface area contributed by atoms with Crippen molar-refractivity contribution in [1.29, 1.82) is 0 Å². The number of amides is 1. The fourth-order valence-corrected chi connectivity index (χ4v) is 4.03. The van der Waals surface area contributed by atoms with Gasteiger partial charge in [0.2, 0.25) is 0 Å². The van der Waals surface area contributed by atoms with Crippen molar-refractivity contribution in [3.63, 3.8) is 0 Å². The minimum Gasteiger partial charge on any atom is -0.378 e. The monoisotopic (exact) mass is 295 g/mol. The largest absolute Gasteiger partial charge is 0.378 e. The Morgan fingerprint density at radius 2 is 2.20 bits per heavy atom. The van der Waals surface area contributed by atoms with Gasteiger partial charge in [0.25, 0.3) is 5.91 Å². The lowest BCUT2D eigenvalue weighted by molar-refractivity contribution is 0.0676. The van der Waals surface area contributed by atoms with E-state index in [9.17, 15) is 4.79 Å². The molecule has 3 heterocycles. The smallest absolute Gasteiger partial charge is 0.273 e. The van der Waals surface area contributed by atoms with Crippen LogP contribution >= 0.6 is 11.3 Å². The van der Waals surface area contributed by atoms with Gasteiger partial charge in [0.15, 0.2) is 0 Å².